The maximum absolute atomic E-state index is 13.1. The summed E-state index contributed by atoms with van der Waals surface area (Å²) in [4.78, 5) is 71.4. The number of phosphoric ester groups is 3. The Bertz CT molecular complexity index is 2060. The van der Waals surface area contributed by atoms with Crippen LogP contribution in [0.4, 0.5) is 0 Å². The van der Waals surface area contributed by atoms with Crippen molar-refractivity contribution in [2.24, 2.45) is 0 Å². The van der Waals surface area contributed by atoms with Gasteiger partial charge >= 0.3 is 124 Å². The fourth-order valence-electron chi connectivity index (χ4n) is 5.25. The van der Waals surface area contributed by atoms with E-state index in [0.29, 0.717) is 5.65 Å². The molecule has 0 bridgehead atoms. The van der Waals surface area contributed by atoms with Crippen molar-refractivity contribution >= 4 is 46.2 Å². The summed E-state index contributed by atoms with van der Waals surface area (Å²) in [6.45, 7) is -2.35. The number of aromatic carboxylic acids is 1. The average molecular weight is 856 g/mol. The van der Waals surface area contributed by atoms with Gasteiger partial charge in [0.2, 0.25) is 0 Å². The van der Waals surface area contributed by atoms with Crippen molar-refractivity contribution in [2.75, 3.05) is 13.2 Å². The van der Waals surface area contributed by atoms with Gasteiger partial charge in [-0.1, -0.05) is 6.10 Å². The number of phosphoric acid groups is 3. The van der Waals surface area contributed by atoms with Gasteiger partial charge in [0.1, 0.15) is 24.1 Å². The van der Waals surface area contributed by atoms with Gasteiger partial charge in [-0.3, -0.25) is 18.1 Å². The third-order valence-electron chi connectivity index (χ3n) is 7.46. The van der Waals surface area contributed by atoms with Crippen molar-refractivity contribution in [3.05, 3.63) is 55.1 Å². The Morgan fingerprint density at radius 3 is 2.19 bits per heavy atom. The Hall–Kier alpha value is 0.880. The maximum atomic E-state index is 13.1. The Morgan fingerprint density at radius 1 is 0.907 bits per heavy atom. The van der Waals surface area contributed by atoms with Crippen LogP contribution in [-0.4, -0.2) is 95.0 Å². The smallest absolute Gasteiger partial charge is 0.848 e. The Kier molecular flexibility index (Phi) is 19.3. The van der Waals surface area contributed by atoms with Crippen LogP contribution < -0.4 is 147 Å². The first kappa shape index (κ1) is 51.0. The monoisotopic (exact) mass is 856 g/mol. The summed E-state index contributed by atoms with van der Waals surface area (Å²) in [5, 5.41) is 43.0. The fraction of sp³-hybridized carbons (Fsp3) is 0.435. The molecule has 2 fully saturated rings. The van der Waals surface area contributed by atoms with Crippen LogP contribution in [-0.2, 0) is 41.1 Å². The minimum Gasteiger partial charge on any atom is -0.848 e. The number of carboxylic acids is 1. The molecule has 0 aliphatic carbocycles. The number of hydrogen-bond acceptors (Lipinski definition) is 20. The molecule has 4 aromatic rings. The number of hydrogen-bond donors (Lipinski definition) is 3. The average Bonchev–Trinajstić information content (AvgIpc) is 3.80. The van der Waals surface area contributed by atoms with E-state index in [4.69, 9.17) is 14.6 Å². The predicted octanol–water partition coefficient (Wildman–Crippen LogP) is -16.8. The summed E-state index contributed by atoms with van der Waals surface area (Å²) in [6.07, 6.45) is -6.76. The molecular formula is C23H23N6Na4O18P3. The molecule has 2 unspecified atom stereocenters. The zero-order valence-corrected chi connectivity index (χ0v) is 39.3. The molecule has 6 heterocycles. The molecule has 0 radical (unpaired) electrons. The van der Waals surface area contributed by atoms with Gasteiger partial charge in [0.15, 0.2) is 41.5 Å². The van der Waals surface area contributed by atoms with Crippen LogP contribution in [0.3, 0.4) is 0 Å². The van der Waals surface area contributed by atoms with E-state index in [-0.39, 0.29) is 135 Å². The largest absolute Gasteiger partial charge is 1.00 e. The van der Waals surface area contributed by atoms with Crippen LogP contribution in [0.1, 0.15) is 22.8 Å². The van der Waals surface area contributed by atoms with Crippen LogP contribution in [0, 0.1) is 0 Å². The molecule has 2 saturated heterocycles. The van der Waals surface area contributed by atoms with E-state index in [1.165, 1.54) is 35.3 Å². The number of aliphatic hydroxyl groups is 2. The molecule has 0 aromatic carbocycles. The molecule has 3 N–H and O–H groups in total. The van der Waals surface area contributed by atoms with Crippen molar-refractivity contribution in [3.63, 3.8) is 0 Å². The topological polar surface area (TPSA) is 352 Å². The van der Waals surface area contributed by atoms with E-state index in [1.807, 2.05) is 0 Å². The van der Waals surface area contributed by atoms with Gasteiger partial charge in [0, 0.05) is 18.5 Å². The van der Waals surface area contributed by atoms with Crippen molar-refractivity contribution in [1.82, 2.24) is 23.9 Å². The Labute approximate surface area is 391 Å². The molecule has 10 atom stereocenters. The van der Waals surface area contributed by atoms with E-state index in [0.717, 1.165) is 21.7 Å². The van der Waals surface area contributed by atoms with Gasteiger partial charge < -0.3 is 67.6 Å². The first-order valence-electron chi connectivity index (χ1n) is 14.0. The first-order valence-corrected chi connectivity index (χ1v) is 18.4. The summed E-state index contributed by atoms with van der Waals surface area (Å²) < 4.78 is 68.3. The number of aliphatic hydroxyl groups excluding tert-OH is 2. The van der Waals surface area contributed by atoms with Crippen LogP contribution in [0.25, 0.3) is 16.8 Å². The molecule has 2 aliphatic rings. The third kappa shape index (κ3) is 11.8. The number of aromatic nitrogens is 6. The molecule has 2 aliphatic heterocycles. The van der Waals surface area contributed by atoms with Crippen LogP contribution >= 0.6 is 23.5 Å². The number of ether oxygens (including phenoxy) is 2. The minimum absolute atomic E-state index is 0. The van der Waals surface area contributed by atoms with Crippen molar-refractivity contribution < 1.29 is 209 Å². The SMILES string of the molecule is O=C(O)c1ccc[n+]([C@@H]2O[C@H](COP(=O)([O-])OP(=O)([O-])OC[C@H]3O[C@@H](n4cnc5c4ncn4ccnc54)[C@H](OP(=O)([O-])[O-])[C@@H]3[O-])[C@@H](O)[C@H]2O)c1.[Na+].[Na+].[Na+].[Na+]. The summed E-state index contributed by atoms with van der Waals surface area (Å²) in [7, 11) is -17.6. The van der Waals surface area contributed by atoms with Crippen LogP contribution in [0.15, 0.2) is 49.6 Å². The van der Waals surface area contributed by atoms with Crippen molar-refractivity contribution in [1.29, 1.82) is 0 Å². The number of rotatable bonds is 13. The van der Waals surface area contributed by atoms with Crippen LogP contribution in [0.2, 0.25) is 0 Å². The minimum atomic E-state index is -5.90. The summed E-state index contributed by atoms with van der Waals surface area (Å²) in [5.41, 5.74) is 0.284. The second kappa shape index (κ2) is 20.4. The Morgan fingerprint density at radius 2 is 1.56 bits per heavy atom. The molecule has 24 nitrogen and oxygen atoms in total. The quantitative estimate of drug-likeness (QED) is 0.0638. The molecule has 0 saturated carbocycles. The van der Waals surface area contributed by atoms with E-state index in [2.05, 4.69) is 32.8 Å². The molecule has 31 heteroatoms. The second-order valence-corrected chi connectivity index (χ2v) is 14.8. The summed E-state index contributed by atoms with van der Waals surface area (Å²) in [5.74, 6) is -1.31. The third-order valence-corrected chi connectivity index (χ3v) is 10.5. The van der Waals surface area contributed by atoms with Crippen molar-refractivity contribution in [3.8, 4) is 0 Å². The molecule has 0 spiro atoms. The number of pyridine rings is 1. The molecule has 6 rings (SSSR count). The van der Waals surface area contributed by atoms with Gasteiger partial charge in [0.05, 0.1) is 39.6 Å². The van der Waals surface area contributed by atoms with E-state index >= 15 is 0 Å². The molecule has 4 aromatic heterocycles. The molecule has 0 amide bonds. The zero-order valence-electron chi connectivity index (χ0n) is 28.6. The summed E-state index contributed by atoms with van der Waals surface area (Å²) in [6, 6.07) is 2.54. The number of nitrogens with zero attached hydrogens (tertiary/aromatic N) is 6. The van der Waals surface area contributed by atoms with E-state index < -0.39 is 91.7 Å². The van der Waals surface area contributed by atoms with Crippen LogP contribution in [0.5, 0.6) is 0 Å². The van der Waals surface area contributed by atoms with Gasteiger partial charge in [-0.25, -0.2) is 24.1 Å². The van der Waals surface area contributed by atoms with Gasteiger partial charge in [-0.2, -0.15) is 4.57 Å². The number of carboxylic acid groups (broad SMARTS) is 1. The molecule has 54 heavy (non-hydrogen) atoms. The maximum Gasteiger partial charge on any atom is 1.00 e. The zero-order chi connectivity index (χ0) is 36.2. The second-order valence-electron chi connectivity index (χ2n) is 10.7. The van der Waals surface area contributed by atoms with Gasteiger partial charge in [-0.05, 0) is 6.07 Å². The number of carbonyl (C=O) groups is 1. The number of fused-ring (bicyclic) bond motifs is 3. The molecule has 272 valence electrons. The predicted molar refractivity (Wildman–Crippen MR) is 144 cm³/mol. The molecular weight excluding hydrogens is 833 g/mol. The van der Waals surface area contributed by atoms with E-state index in [9.17, 15) is 53.4 Å². The van der Waals surface area contributed by atoms with Gasteiger partial charge in [0.25, 0.3) is 21.9 Å². The number of imidazole rings is 2. The normalized spacial score (nSPS) is 27.5. The Balaban J connectivity index is 0.00000252. The van der Waals surface area contributed by atoms with E-state index in [1.54, 1.807) is 6.20 Å². The standard InChI is InChI=1S/C23H27N6O18P3.4Na/c30-15-12(44-21(17(15)32)27-4-1-2-11(6-27)23(33)34)7-42-49(38,39)47-50(40,41)43-8-13-16(31)18(46-48(35,36)37)22(45-13)29-10-25-14-19-24-3-5-28(19)9-26-20(14)29;;;;/h1-6,9-10,12-13,15-18,21-22,30,32H,7-8H2,(H,33,34)(H,38,39)(H,40,41)(H2,35,36,37);;;;/q;4*+1/p-4/t12-,13-,15-,16-,17-,18-,21-,22-;;;;/m1..../s1. The first-order chi connectivity index (χ1) is 23.4. The van der Waals surface area contributed by atoms with Gasteiger partial charge in [-0.15, -0.1) is 0 Å². The van der Waals surface area contributed by atoms with Crippen molar-refractivity contribution in [2.45, 2.75) is 49.1 Å². The fourth-order valence-corrected chi connectivity index (χ4v) is 7.79. The summed E-state index contributed by atoms with van der Waals surface area (Å²) >= 11 is 0.